The summed E-state index contributed by atoms with van der Waals surface area (Å²) in [7, 11) is 0. The molecule has 3 aromatic rings. The average Bonchev–Trinajstić information content (AvgIpc) is 2.78. The van der Waals surface area contributed by atoms with E-state index in [1.807, 2.05) is 36.4 Å². The molecule has 0 heterocycles. The molecule has 0 aliphatic rings. The second kappa shape index (κ2) is 10.3. The molecule has 0 radical (unpaired) electrons. The summed E-state index contributed by atoms with van der Waals surface area (Å²) in [6.45, 7) is 0.329. The fourth-order valence-corrected chi connectivity index (χ4v) is 2.38. The van der Waals surface area contributed by atoms with Gasteiger partial charge in [0, 0.05) is 0 Å². The summed E-state index contributed by atoms with van der Waals surface area (Å²) >= 11 is 0. The van der Waals surface area contributed by atoms with Gasteiger partial charge in [0.1, 0.15) is 18.1 Å². The van der Waals surface area contributed by atoms with Crippen LogP contribution in [0.3, 0.4) is 0 Å². The number of benzene rings is 3. The van der Waals surface area contributed by atoms with Crippen molar-refractivity contribution in [2.45, 2.75) is 6.61 Å². The number of amides is 1. The minimum Gasteiger partial charge on any atom is -0.489 e. The lowest BCUT2D eigenvalue weighted by Gasteiger charge is -2.08. The zero-order chi connectivity index (χ0) is 20.3. The molecule has 3 rings (SSSR count). The van der Waals surface area contributed by atoms with Crippen molar-refractivity contribution in [1.29, 1.82) is 5.26 Å². The van der Waals surface area contributed by atoms with Gasteiger partial charge in [0.15, 0.2) is 6.61 Å². The summed E-state index contributed by atoms with van der Waals surface area (Å²) in [6.07, 6.45) is 1.50. The first-order chi connectivity index (χ1) is 14.2. The maximum absolute atomic E-state index is 11.8. The van der Waals surface area contributed by atoms with Crippen LogP contribution in [0.25, 0.3) is 0 Å². The monoisotopic (exact) mass is 385 g/mol. The molecule has 0 atom stereocenters. The predicted molar refractivity (Wildman–Crippen MR) is 110 cm³/mol. The van der Waals surface area contributed by atoms with Crippen LogP contribution in [-0.4, -0.2) is 18.7 Å². The topological polar surface area (TPSA) is 83.7 Å². The Morgan fingerprint density at radius 1 is 0.931 bits per heavy atom. The van der Waals surface area contributed by atoms with Gasteiger partial charge in [-0.05, 0) is 47.5 Å². The fraction of sp³-hybridized carbons (Fsp3) is 0.0870. The number of ether oxygens (including phenoxy) is 2. The molecule has 0 bridgehead atoms. The first-order valence-corrected chi connectivity index (χ1v) is 8.94. The molecule has 144 valence electrons. The lowest BCUT2D eigenvalue weighted by Crippen LogP contribution is -2.24. The fourth-order valence-electron chi connectivity index (χ4n) is 2.38. The Hall–Kier alpha value is -4.11. The van der Waals surface area contributed by atoms with Crippen LogP contribution in [0.1, 0.15) is 16.7 Å². The number of nitrogens with zero attached hydrogens (tertiary/aromatic N) is 2. The third-order valence-corrected chi connectivity index (χ3v) is 3.88. The molecule has 1 amide bonds. The third-order valence-electron chi connectivity index (χ3n) is 3.88. The van der Waals surface area contributed by atoms with Gasteiger partial charge in [-0.15, -0.1) is 0 Å². The molecule has 6 heteroatoms. The summed E-state index contributed by atoms with van der Waals surface area (Å²) in [5.41, 5.74) is 4.82. The highest BCUT2D eigenvalue weighted by Crippen LogP contribution is 2.18. The minimum atomic E-state index is -0.376. The largest absolute Gasteiger partial charge is 0.489 e. The van der Waals surface area contributed by atoms with Gasteiger partial charge in [-0.1, -0.05) is 42.5 Å². The van der Waals surface area contributed by atoms with E-state index in [1.165, 1.54) is 6.21 Å². The molecule has 0 aromatic heterocycles. The Morgan fingerprint density at radius 2 is 1.59 bits per heavy atom. The van der Waals surface area contributed by atoms with Crippen LogP contribution in [0.2, 0.25) is 0 Å². The standard InChI is InChI=1S/C23H19N3O3/c24-14-18-6-8-19(9-7-18)15-25-26-23(27)17-29-22-12-10-21(11-13-22)28-16-20-4-2-1-3-5-20/h1-13,15H,16-17H2,(H,26,27)/b25-15+. The van der Waals surface area contributed by atoms with E-state index in [4.69, 9.17) is 14.7 Å². The van der Waals surface area contributed by atoms with Crippen molar-refractivity contribution in [1.82, 2.24) is 5.43 Å². The molecule has 0 aliphatic carbocycles. The number of carbonyl (C=O) groups is 1. The molecular weight excluding hydrogens is 366 g/mol. The Bertz CT molecular complexity index is 992. The van der Waals surface area contributed by atoms with Crippen LogP contribution in [0.5, 0.6) is 11.5 Å². The predicted octanol–water partition coefficient (Wildman–Crippen LogP) is 3.67. The zero-order valence-corrected chi connectivity index (χ0v) is 15.6. The Morgan fingerprint density at radius 3 is 2.24 bits per heavy atom. The van der Waals surface area contributed by atoms with E-state index in [0.717, 1.165) is 16.9 Å². The molecule has 6 nitrogen and oxygen atoms in total. The van der Waals surface area contributed by atoms with E-state index < -0.39 is 0 Å². The second-order valence-electron chi connectivity index (χ2n) is 6.06. The summed E-state index contributed by atoms with van der Waals surface area (Å²) in [6, 6.07) is 25.9. The molecule has 0 saturated heterocycles. The number of nitriles is 1. The smallest absolute Gasteiger partial charge is 0.277 e. The normalized spacial score (nSPS) is 10.3. The first-order valence-electron chi connectivity index (χ1n) is 8.94. The number of carbonyl (C=O) groups excluding carboxylic acids is 1. The van der Waals surface area contributed by atoms with Gasteiger partial charge in [-0.3, -0.25) is 4.79 Å². The van der Waals surface area contributed by atoms with E-state index >= 15 is 0 Å². The number of nitrogens with one attached hydrogen (secondary N) is 1. The van der Waals surface area contributed by atoms with E-state index in [1.54, 1.807) is 48.5 Å². The van der Waals surface area contributed by atoms with Crippen LogP contribution in [0, 0.1) is 11.3 Å². The number of hydrogen-bond acceptors (Lipinski definition) is 5. The summed E-state index contributed by atoms with van der Waals surface area (Å²) in [5.74, 6) is 0.903. The van der Waals surface area contributed by atoms with E-state index in [-0.39, 0.29) is 12.5 Å². The van der Waals surface area contributed by atoms with Gasteiger partial charge in [0.05, 0.1) is 17.8 Å². The van der Waals surface area contributed by atoms with E-state index in [9.17, 15) is 4.79 Å². The van der Waals surface area contributed by atoms with Crippen molar-refractivity contribution >= 4 is 12.1 Å². The maximum Gasteiger partial charge on any atom is 0.277 e. The van der Waals surface area contributed by atoms with Crippen LogP contribution in [0.4, 0.5) is 0 Å². The summed E-state index contributed by atoms with van der Waals surface area (Å²) < 4.78 is 11.2. The molecule has 1 N–H and O–H groups in total. The molecular formula is C23H19N3O3. The van der Waals surface area contributed by atoms with Crippen molar-refractivity contribution in [2.75, 3.05) is 6.61 Å². The number of hydrazone groups is 1. The third kappa shape index (κ3) is 6.52. The van der Waals surface area contributed by atoms with Crippen LogP contribution >= 0.6 is 0 Å². The Labute approximate surface area is 169 Å². The SMILES string of the molecule is N#Cc1ccc(/C=N/NC(=O)COc2ccc(OCc3ccccc3)cc2)cc1. The van der Waals surface area contributed by atoms with Gasteiger partial charge in [-0.25, -0.2) is 5.43 Å². The molecule has 29 heavy (non-hydrogen) atoms. The van der Waals surface area contributed by atoms with Gasteiger partial charge in [0.25, 0.3) is 5.91 Å². The highest BCUT2D eigenvalue weighted by atomic mass is 16.5. The lowest BCUT2D eigenvalue weighted by atomic mass is 10.2. The van der Waals surface area contributed by atoms with Crippen LogP contribution in [0.15, 0.2) is 84.0 Å². The Kier molecular flexibility index (Phi) is 6.97. The number of hydrogen-bond donors (Lipinski definition) is 1. The minimum absolute atomic E-state index is 0.158. The maximum atomic E-state index is 11.8. The van der Waals surface area contributed by atoms with Crippen molar-refractivity contribution in [2.24, 2.45) is 5.10 Å². The quantitative estimate of drug-likeness (QED) is 0.474. The van der Waals surface area contributed by atoms with Gasteiger partial charge < -0.3 is 9.47 Å². The second-order valence-corrected chi connectivity index (χ2v) is 6.06. The first kappa shape index (κ1) is 19.6. The molecule has 0 aliphatic heterocycles. The van der Waals surface area contributed by atoms with Crippen molar-refractivity contribution in [3.63, 3.8) is 0 Å². The van der Waals surface area contributed by atoms with E-state index in [2.05, 4.69) is 10.5 Å². The summed E-state index contributed by atoms with van der Waals surface area (Å²) in [5, 5.41) is 12.6. The molecule has 0 spiro atoms. The van der Waals surface area contributed by atoms with Gasteiger partial charge in [0.2, 0.25) is 0 Å². The van der Waals surface area contributed by atoms with Crippen LogP contribution < -0.4 is 14.9 Å². The van der Waals surface area contributed by atoms with Gasteiger partial charge >= 0.3 is 0 Å². The Balaban J connectivity index is 1.40. The van der Waals surface area contributed by atoms with Crippen LogP contribution in [-0.2, 0) is 11.4 Å². The molecule has 0 unspecified atom stereocenters. The van der Waals surface area contributed by atoms with Crippen molar-refractivity contribution in [3.8, 4) is 17.6 Å². The van der Waals surface area contributed by atoms with Crippen molar-refractivity contribution in [3.05, 3.63) is 95.6 Å². The summed E-state index contributed by atoms with van der Waals surface area (Å²) in [4.78, 5) is 11.8. The van der Waals surface area contributed by atoms with Crippen molar-refractivity contribution < 1.29 is 14.3 Å². The van der Waals surface area contributed by atoms with E-state index in [0.29, 0.717) is 17.9 Å². The zero-order valence-electron chi connectivity index (χ0n) is 15.6. The highest BCUT2D eigenvalue weighted by molar-refractivity contribution is 5.83. The highest BCUT2D eigenvalue weighted by Gasteiger charge is 2.02. The van der Waals surface area contributed by atoms with Gasteiger partial charge in [-0.2, -0.15) is 10.4 Å². The molecule has 3 aromatic carbocycles. The lowest BCUT2D eigenvalue weighted by molar-refractivity contribution is -0.123. The number of rotatable bonds is 8. The molecule has 0 saturated carbocycles. The average molecular weight is 385 g/mol. The molecule has 0 fully saturated rings.